The fraction of sp³-hybridized carbons (Fsp3) is 0.172. The van der Waals surface area contributed by atoms with Gasteiger partial charge in [0.1, 0.15) is 28.7 Å². The van der Waals surface area contributed by atoms with Crippen LogP contribution in [0.1, 0.15) is 6.42 Å². The van der Waals surface area contributed by atoms with Crippen LogP contribution in [0.15, 0.2) is 243 Å². The second kappa shape index (κ2) is 37.0. The van der Waals surface area contributed by atoms with Crippen LogP contribution in [0.5, 0.6) is 28.7 Å². The Morgan fingerprint density at radius 3 is 1.03 bits per heavy atom. The van der Waals surface area contributed by atoms with Crippen LogP contribution in [0, 0.1) is 0 Å². The van der Waals surface area contributed by atoms with E-state index >= 15 is 0 Å². The maximum Gasteiger partial charge on any atom is 0.463 e. The molecule has 4 N–H and O–H groups in total. The molecule has 8 aromatic rings. The third-order valence-electron chi connectivity index (χ3n) is 9.50. The summed E-state index contributed by atoms with van der Waals surface area (Å²) in [6.45, 7) is 1.39. The Bertz CT molecular complexity index is 2350. The molecular weight excluding hydrogens is 1010 g/mol. The summed E-state index contributed by atoms with van der Waals surface area (Å²) in [4.78, 5) is 0. The molecule has 0 spiro atoms. The molecule has 0 heterocycles. The first-order chi connectivity index (χ1) is 36.5. The first kappa shape index (κ1) is 59.1. The normalized spacial score (nSPS) is 11.0. The van der Waals surface area contributed by atoms with Crippen molar-refractivity contribution in [2.45, 2.75) is 6.42 Å². The zero-order valence-corrected chi connectivity index (χ0v) is 44.9. The minimum absolute atomic E-state index is 0.0101. The van der Waals surface area contributed by atoms with Crippen LogP contribution in [0.25, 0.3) is 0 Å². The highest BCUT2D eigenvalue weighted by Crippen LogP contribution is 2.43. The summed E-state index contributed by atoms with van der Waals surface area (Å²) in [5.74, 6) is 3.69. The van der Waals surface area contributed by atoms with Crippen molar-refractivity contribution < 1.29 is 52.1 Å². The smallest absolute Gasteiger partial charge is 0.444 e. The number of aliphatic hydroxyl groups is 4. The van der Waals surface area contributed by atoms with E-state index in [4.69, 9.17) is 52.1 Å². The zero-order chi connectivity index (χ0) is 52.1. The van der Waals surface area contributed by atoms with E-state index in [2.05, 4.69) is 60.2 Å². The van der Waals surface area contributed by atoms with E-state index in [1.807, 2.05) is 194 Å². The third kappa shape index (κ3) is 23.6. The molecule has 0 aliphatic heterocycles. The van der Waals surface area contributed by atoms with Crippen LogP contribution in [0.3, 0.4) is 0 Å². The number of nitrogens with zero attached hydrogens (tertiary/aromatic N) is 1. The van der Waals surface area contributed by atoms with Gasteiger partial charge >= 0.3 is 8.60 Å². The van der Waals surface area contributed by atoms with Gasteiger partial charge in [0.25, 0.3) is 16.8 Å². The number of rotatable bonds is 25. The fourth-order valence-corrected chi connectivity index (χ4v) is 12.0. The summed E-state index contributed by atoms with van der Waals surface area (Å²) in [6, 6.07) is 78.1. The highest BCUT2D eigenvalue weighted by atomic mass is 31.2. The van der Waals surface area contributed by atoms with Crippen LogP contribution in [0.4, 0.5) is 0 Å². The maximum atomic E-state index is 9.15. The van der Waals surface area contributed by atoms with Crippen molar-refractivity contribution in [1.82, 2.24) is 4.67 Å². The average Bonchev–Trinajstić information content (AvgIpc) is 3.46. The molecule has 74 heavy (non-hydrogen) atoms. The highest BCUT2D eigenvalue weighted by Gasteiger charge is 2.20. The number of para-hydroxylation sites is 5. The summed E-state index contributed by atoms with van der Waals surface area (Å²) in [7, 11) is -2.33. The maximum absolute atomic E-state index is 9.15. The SMILES string of the molecule is CN(CCO)P(c1ccccc1)c1ccccc1.OCCCP(Oc1ccccc1)Oc1ccccc1.OCCOP(Oc1ccccc1)Oc1ccccc1.OCCOP(Oc1ccccc1)c1ccccc1. The molecule has 0 aliphatic rings. The lowest BCUT2D eigenvalue weighted by atomic mass is 10.3. The molecule has 388 valence electrons. The van der Waals surface area contributed by atoms with Crippen LogP contribution in [-0.2, 0) is 9.05 Å². The third-order valence-corrected chi connectivity index (χ3v) is 16.1. The van der Waals surface area contributed by atoms with E-state index in [9.17, 15) is 0 Å². The number of hydrogen-bond acceptors (Lipinski definition) is 12. The summed E-state index contributed by atoms with van der Waals surface area (Å²) >= 11 is 0. The number of likely N-dealkylation sites (N-methyl/N-ethyl adjacent to an activating group) is 1. The van der Waals surface area contributed by atoms with Gasteiger partial charge in [-0.2, -0.15) is 0 Å². The standard InChI is InChI=1S/C15H18NOP.C15H17O3P.C14H15O4P.C14H15O3P/c1-16(12-13-17)18(14-8-4-2-5-9-14)15-10-6-3-7-11-15;16-12-7-13-19(17-14-8-3-1-4-9-14)18-15-10-5-2-6-11-15;15-11-12-16-19(17-13-7-3-1-4-8-13)18-14-9-5-2-6-10-14;15-11-12-16-18(14-9-5-2-6-10-14)17-13-7-3-1-4-8-13/h2-11,17H,12-13H2,1H3;1-6,8-11,16H,7,12-13H2;1-10,15H,11-12H2;1-10,15H,11-12H2. The molecule has 0 saturated carbocycles. The Balaban J connectivity index is 0.000000183. The van der Waals surface area contributed by atoms with E-state index in [-0.39, 0.29) is 39.6 Å². The van der Waals surface area contributed by atoms with Crippen LogP contribution in [-0.4, -0.2) is 84.5 Å². The minimum atomic E-state index is -1.58. The van der Waals surface area contributed by atoms with E-state index in [1.54, 1.807) is 0 Å². The molecule has 1 atom stereocenters. The molecule has 0 aliphatic carbocycles. The predicted molar refractivity (Wildman–Crippen MR) is 304 cm³/mol. The highest BCUT2D eigenvalue weighted by molar-refractivity contribution is 7.70. The van der Waals surface area contributed by atoms with Gasteiger partial charge in [-0.3, -0.25) is 9.19 Å². The van der Waals surface area contributed by atoms with Crippen molar-refractivity contribution >= 4 is 49.3 Å². The Labute approximate surface area is 441 Å². The quantitative estimate of drug-likeness (QED) is 0.0404. The van der Waals surface area contributed by atoms with Crippen molar-refractivity contribution in [2.24, 2.45) is 0 Å². The monoisotopic (exact) mass is 1080 g/mol. The summed E-state index contributed by atoms with van der Waals surface area (Å²) in [5.41, 5.74) is 0. The lowest BCUT2D eigenvalue weighted by molar-refractivity contribution is 0.186. The Kier molecular flexibility index (Phi) is 29.6. The topological polar surface area (TPSA) is 149 Å². The number of benzene rings is 8. The molecule has 16 heteroatoms. The summed E-state index contributed by atoms with van der Waals surface area (Å²) in [5, 5.41) is 39.4. The van der Waals surface area contributed by atoms with Gasteiger partial charge in [0.05, 0.1) is 33.0 Å². The van der Waals surface area contributed by atoms with Gasteiger partial charge in [0.15, 0.2) is 0 Å². The Hall–Kier alpha value is -5.80. The molecule has 0 amide bonds. The molecule has 0 saturated heterocycles. The van der Waals surface area contributed by atoms with Gasteiger partial charge in [-0.05, 0) is 96.9 Å². The largest absolute Gasteiger partial charge is 0.463 e. The fourth-order valence-electron chi connectivity index (χ4n) is 6.16. The summed E-state index contributed by atoms with van der Waals surface area (Å²) in [6.07, 6.45) is 1.38. The van der Waals surface area contributed by atoms with Crippen LogP contribution < -0.4 is 38.5 Å². The van der Waals surface area contributed by atoms with Crippen molar-refractivity contribution in [3.05, 3.63) is 243 Å². The van der Waals surface area contributed by atoms with Crippen molar-refractivity contribution in [1.29, 1.82) is 0 Å². The molecule has 8 aromatic carbocycles. The van der Waals surface area contributed by atoms with Crippen molar-refractivity contribution in [3.8, 4) is 28.7 Å². The van der Waals surface area contributed by atoms with Gasteiger partial charge in [-0.15, -0.1) is 0 Å². The van der Waals surface area contributed by atoms with Crippen molar-refractivity contribution in [3.63, 3.8) is 0 Å². The van der Waals surface area contributed by atoms with Gasteiger partial charge in [-0.25, -0.2) is 0 Å². The first-order valence-electron chi connectivity index (χ1n) is 23.9. The molecule has 0 aromatic heterocycles. The van der Waals surface area contributed by atoms with E-state index in [0.29, 0.717) is 30.6 Å². The first-order valence-corrected chi connectivity index (χ1v) is 28.8. The predicted octanol–water partition coefficient (Wildman–Crippen LogP) is 11.9. The molecule has 1 unspecified atom stereocenters. The number of aliphatic hydroxyl groups excluding tert-OH is 4. The molecule has 0 fully saturated rings. The minimum Gasteiger partial charge on any atom is -0.444 e. The van der Waals surface area contributed by atoms with E-state index < -0.39 is 33.4 Å². The molecule has 0 radical (unpaired) electrons. The molecular formula is C58H65NO11P4. The summed E-state index contributed by atoms with van der Waals surface area (Å²) < 4.78 is 42.0. The van der Waals surface area contributed by atoms with E-state index in [0.717, 1.165) is 22.6 Å². The van der Waals surface area contributed by atoms with Gasteiger partial charge in [0.2, 0.25) is 0 Å². The van der Waals surface area contributed by atoms with Crippen molar-refractivity contribution in [2.75, 3.05) is 59.4 Å². The Morgan fingerprint density at radius 2 is 0.676 bits per heavy atom. The molecule has 12 nitrogen and oxygen atoms in total. The molecule has 8 rings (SSSR count). The van der Waals surface area contributed by atoms with Gasteiger partial charge in [-0.1, -0.05) is 170 Å². The number of hydrogen-bond donors (Lipinski definition) is 4. The van der Waals surface area contributed by atoms with Crippen LogP contribution in [0.2, 0.25) is 0 Å². The lowest BCUT2D eigenvalue weighted by Crippen LogP contribution is -2.27. The van der Waals surface area contributed by atoms with E-state index in [1.165, 1.54) is 10.6 Å². The zero-order valence-electron chi connectivity index (χ0n) is 41.3. The Morgan fingerprint density at radius 1 is 0.351 bits per heavy atom. The molecule has 0 bridgehead atoms. The van der Waals surface area contributed by atoms with Crippen LogP contribution >= 0.6 is 33.4 Å². The van der Waals surface area contributed by atoms with Gasteiger partial charge in [0, 0.05) is 32.7 Å². The lowest BCUT2D eigenvalue weighted by Gasteiger charge is -2.28. The average molecular weight is 1080 g/mol. The second-order valence-corrected chi connectivity index (χ2v) is 21.5. The van der Waals surface area contributed by atoms with Gasteiger partial charge < -0.3 is 47.6 Å². The second-order valence-electron chi connectivity index (χ2n) is 15.2.